The van der Waals surface area contributed by atoms with Crippen LogP contribution in [0.25, 0.3) is 0 Å². The molecule has 0 aliphatic carbocycles. The summed E-state index contributed by atoms with van der Waals surface area (Å²) in [5, 5.41) is 11.9. The summed E-state index contributed by atoms with van der Waals surface area (Å²) in [6.45, 7) is 2.32. The maximum atomic E-state index is 11.0. The SMILES string of the molecule is Cc1ccc(NCCNS(C)(=O)=O)c(C(=O)O)c1. The minimum atomic E-state index is -3.22. The second-order valence-corrected chi connectivity index (χ2v) is 5.78. The monoisotopic (exact) mass is 272 g/mol. The normalized spacial score (nSPS) is 11.2. The minimum Gasteiger partial charge on any atom is -0.478 e. The molecular formula is C11H16N2O4S. The number of rotatable bonds is 6. The first-order valence-corrected chi connectivity index (χ1v) is 7.21. The van der Waals surface area contributed by atoms with E-state index in [0.717, 1.165) is 11.8 Å². The van der Waals surface area contributed by atoms with Gasteiger partial charge in [0.1, 0.15) is 0 Å². The van der Waals surface area contributed by atoms with Gasteiger partial charge in [-0.1, -0.05) is 11.6 Å². The predicted molar refractivity (Wildman–Crippen MR) is 69.5 cm³/mol. The molecule has 0 aromatic heterocycles. The zero-order chi connectivity index (χ0) is 13.8. The van der Waals surface area contributed by atoms with Gasteiger partial charge in [0.25, 0.3) is 0 Å². The second-order valence-electron chi connectivity index (χ2n) is 3.95. The molecule has 0 unspecified atom stereocenters. The van der Waals surface area contributed by atoms with Gasteiger partial charge in [0.15, 0.2) is 0 Å². The lowest BCUT2D eigenvalue weighted by atomic mass is 10.1. The largest absolute Gasteiger partial charge is 0.478 e. The van der Waals surface area contributed by atoms with E-state index >= 15 is 0 Å². The third-order valence-corrected chi connectivity index (χ3v) is 2.94. The van der Waals surface area contributed by atoms with E-state index in [1.807, 2.05) is 0 Å². The Kier molecular flexibility index (Phi) is 4.69. The van der Waals surface area contributed by atoms with Crippen molar-refractivity contribution in [3.05, 3.63) is 29.3 Å². The Labute approximate surface area is 106 Å². The summed E-state index contributed by atoms with van der Waals surface area (Å²) in [7, 11) is -3.22. The molecule has 1 aromatic rings. The molecule has 1 aromatic carbocycles. The average Bonchev–Trinajstić information content (AvgIpc) is 2.24. The van der Waals surface area contributed by atoms with Gasteiger partial charge < -0.3 is 10.4 Å². The van der Waals surface area contributed by atoms with Crippen molar-refractivity contribution in [3.8, 4) is 0 Å². The first-order chi connectivity index (χ1) is 8.29. The van der Waals surface area contributed by atoms with Crippen LogP contribution in [0.1, 0.15) is 15.9 Å². The van der Waals surface area contributed by atoms with Gasteiger partial charge >= 0.3 is 5.97 Å². The Bertz CT molecular complexity index is 540. The molecule has 0 fully saturated rings. The highest BCUT2D eigenvalue weighted by atomic mass is 32.2. The summed E-state index contributed by atoms with van der Waals surface area (Å²) in [5.74, 6) is -1.02. The van der Waals surface area contributed by atoms with E-state index in [1.165, 1.54) is 0 Å². The van der Waals surface area contributed by atoms with Gasteiger partial charge in [-0.3, -0.25) is 0 Å². The average molecular weight is 272 g/mol. The van der Waals surface area contributed by atoms with Crippen LogP contribution in [0.2, 0.25) is 0 Å². The van der Waals surface area contributed by atoms with Crippen molar-refractivity contribution < 1.29 is 18.3 Å². The van der Waals surface area contributed by atoms with E-state index in [1.54, 1.807) is 25.1 Å². The summed E-state index contributed by atoms with van der Waals surface area (Å²) in [6, 6.07) is 5.02. The number of anilines is 1. The fourth-order valence-electron chi connectivity index (χ4n) is 1.42. The molecule has 0 bridgehead atoms. The van der Waals surface area contributed by atoms with E-state index in [0.29, 0.717) is 12.2 Å². The van der Waals surface area contributed by atoms with Crippen LogP contribution in [0.3, 0.4) is 0 Å². The van der Waals surface area contributed by atoms with Crippen LogP contribution in [0.15, 0.2) is 18.2 Å². The molecule has 6 nitrogen and oxygen atoms in total. The van der Waals surface area contributed by atoms with Crippen LogP contribution >= 0.6 is 0 Å². The summed E-state index contributed by atoms with van der Waals surface area (Å²) in [4.78, 5) is 11.0. The van der Waals surface area contributed by atoms with Gasteiger partial charge in [-0.05, 0) is 19.1 Å². The molecule has 3 N–H and O–H groups in total. The third-order valence-electron chi connectivity index (χ3n) is 2.21. The predicted octanol–water partition coefficient (Wildman–Crippen LogP) is 0.654. The number of carbonyl (C=O) groups is 1. The molecule has 0 atom stereocenters. The summed E-state index contributed by atoms with van der Waals surface area (Å²) < 4.78 is 24.0. The highest BCUT2D eigenvalue weighted by Crippen LogP contribution is 2.16. The molecule has 1 rings (SSSR count). The molecule has 100 valence electrons. The van der Waals surface area contributed by atoms with E-state index in [-0.39, 0.29) is 12.1 Å². The number of aryl methyl sites for hydroxylation is 1. The van der Waals surface area contributed by atoms with E-state index in [2.05, 4.69) is 10.0 Å². The standard InChI is InChI=1S/C11H16N2O4S/c1-8-3-4-10(9(7-8)11(14)15)12-5-6-13-18(2,16)17/h3-4,7,12-13H,5-6H2,1-2H3,(H,14,15). The van der Waals surface area contributed by atoms with Gasteiger partial charge in [-0.2, -0.15) is 0 Å². The molecule has 0 saturated carbocycles. The van der Waals surface area contributed by atoms with Crippen LogP contribution in [0.4, 0.5) is 5.69 Å². The third kappa shape index (κ3) is 4.72. The van der Waals surface area contributed by atoms with Crippen molar-refractivity contribution in [1.82, 2.24) is 4.72 Å². The molecule has 0 heterocycles. The van der Waals surface area contributed by atoms with Gasteiger partial charge in [-0.25, -0.2) is 17.9 Å². The minimum absolute atomic E-state index is 0.175. The second kappa shape index (κ2) is 5.83. The molecule has 0 saturated heterocycles. The first kappa shape index (κ1) is 14.5. The van der Waals surface area contributed by atoms with E-state index in [9.17, 15) is 13.2 Å². The number of hydrogen-bond acceptors (Lipinski definition) is 4. The zero-order valence-electron chi connectivity index (χ0n) is 10.2. The molecule has 18 heavy (non-hydrogen) atoms. The smallest absolute Gasteiger partial charge is 0.337 e. The summed E-state index contributed by atoms with van der Waals surface area (Å²) in [5.41, 5.74) is 1.50. The summed E-state index contributed by atoms with van der Waals surface area (Å²) >= 11 is 0. The van der Waals surface area contributed by atoms with Crippen LogP contribution in [-0.2, 0) is 10.0 Å². The lowest BCUT2D eigenvalue weighted by molar-refractivity contribution is 0.0698. The molecule has 0 amide bonds. The quantitative estimate of drug-likeness (QED) is 0.661. The molecule has 7 heteroatoms. The van der Waals surface area contributed by atoms with Crippen LogP contribution in [-0.4, -0.2) is 38.8 Å². The number of carboxylic acids is 1. The summed E-state index contributed by atoms with van der Waals surface area (Å²) in [6.07, 6.45) is 1.07. The molecule has 0 spiro atoms. The van der Waals surface area contributed by atoms with Crippen molar-refractivity contribution in [2.45, 2.75) is 6.92 Å². The van der Waals surface area contributed by atoms with Crippen molar-refractivity contribution in [2.75, 3.05) is 24.7 Å². The first-order valence-electron chi connectivity index (χ1n) is 5.32. The highest BCUT2D eigenvalue weighted by molar-refractivity contribution is 7.88. The molecule has 0 radical (unpaired) electrons. The van der Waals surface area contributed by atoms with Crippen molar-refractivity contribution in [1.29, 1.82) is 0 Å². The van der Waals surface area contributed by atoms with Gasteiger partial charge in [0.2, 0.25) is 10.0 Å². The van der Waals surface area contributed by atoms with Gasteiger partial charge in [0, 0.05) is 18.8 Å². The Morgan fingerprint density at radius 1 is 1.33 bits per heavy atom. The highest BCUT2D eigenvalue weighted by Gasteiger charge is 2.09. The number of aromatic carboxylic acids is 1. The van der Waals surface area contributed by atoms with Crippen LogP contribution in [0, 0.1) is 6.92 Å². The number of carboxylic acid groups (broad SMARTS) is 1. The molecule has 0 aliphatic rings. The zero-order valence-corrected chi connectivity index (χ0v) is 11.0. The molecule has 0 aliphatic heterocycles. The Morgan fingerprint density at radius 3 is 2.56 bits per heavy atom. The van der Waals surface area contributed by atoms with Crippen molar-refractivity contribution >= 4 is 21.7 Å². The van der Waals surface area contributed by atoms with Crippen LogP contribution < -0.4 is 10.0 Å². The van der Waals surface area contributed by atoms with E-state index < -0.39 is 16.0 Å². The lowest BCUT2D eigenvalue weighted by Gasteiger charge is -2.10. The van der Waals surface area contributed by atoms with Crippen LogP contribution in [0.5, 0.6) is 0 Å². The van der Waals surface area contributed by atoms with Crippen molar-refractivity contribution in [3.63, 3.8) is 0 Å². The lowest BCUT2D eigenvalue weighted by Crippen LogP contribution is -2.27. The fraction of sp³-hybridized carbons (Fsp3) is 0.364. The number of benzene rings is 1. The number of hydrogen-bond donors (Lipinski definition) is 3. The van der Waals surface area contributed by atoms with E-state index in [4.69, 9.17) is 5.11 Å². The molecular weight excluding hydrogens is 256 g/mol. The fourth-order valence-corrected chi connectivity index (χ4v) is 1.90. The topological polar surface area (TPSA) is 95.5 Å². The maximum absolute atomic E-state index is 11.0. The Balaban J connectivity index is 2.65. The van der Waals surface area contributed by atoms with Gasteiger partial charge in [-0.15, -0.1) is 0 Å². The van der Waals surface area contributed by atoms with Crippen molar-refractivity contribution in [2.24, 2.45) is 0 Å². The van der Waals surface area contributed by atoms with Gasteiger partial charge in [0.05, 0.1) is 11.8 Å². The number of sulfonamides is 1. The Hall–Kier alpha value is -1.60. The Morgan fingerprint density at radius 2 is 2.00 bits per heavy atom. The maximum Gasteiger partial charge on any atom is 0.337 e. The number of nitrogens with one attached hydrogen (secondary N) is 2.